The van der Waals surface area contributed by atoms with E-state index < -0.39 is 11.4 Å². The maximum Gasteiger partial charge on any atom is 0.244 e. The molecule has 0 saturated carbocycles. The van der Waals surface area contributed by atoms with Gasteiger partial charge in [0, 0.05) is 18.2 Å². The topological polar surface area (TPSA) is 58.6 Å². The highest BCUT2D eigenvalue weighted by Crippen LogP contribution is 2.18. The van der Waals surface area contributed by atoms with Crippen LogP contribution in [0.5, 0.6) is 5.75 Å². The minimum absolute atomic E-state index is 0.0119. The Bertz CT molecular complexity index is 516. The van der Waals surface area contributed by atoms with Crippen molar-refractivity contribution in [3.8, 4) is 5.75 Å². The van der Waals surface area contributed by atoms with Crippen molar-refractivity contribution in [2.45, 2.75) is 32.2 Å². The standard InChI is InChI=1S/C16H22FNO3/c1-4-16(2,9-10-19)18-15(20)8-6-12-5-7-14(21-3)13(17)11-12/h5-8,11,19H,4,9-10H2,1-3H3,(H,18,20)/b8-6+. The van der Waals surface area contributed by atoms with Gasteiger partial charge in [-0.1, -0.05) is 13.0 Å². The molecular weight excluding hydrogens is 273 g/mol. The summed E-state index contributed by atoms with van der Waals surface area (Å²) in [6.07, 6.45) is 4.09. The Balaban J connectivity index is 2.71. The highest BCUT2D eigenvalue weighted by molar-refractivity contribution is 5.92. The van der Waals surface area contributed by atoms with Crippen molar-refractivity contribution in [3.05, 3.63) is 35.7 Å². The van der Waals surface area contributed by atoms with Gasteiger partial charge in [0.1, 0.15) is 0 Å². The molecule has 0 aromatic heterocycles. The number of ether oxygens (including phenoxy) is 1. The molecule has 116 valence electrons. The second-order valence-electron chi connectivity index (χ2n) is 5.10. The van der Waals surface area contributed by atoms with Crippen molar-refractivity contribution in [1.82, 2.24) is 5.32 Å². The smallest absolute Gasteiger partial charge is 0.244 e. The monoisotopic (exact) mass is 295 g/mol. The van der Waals surface area contributed by atoms with E-state index in [4.69, 9.17) is 9.84 Å². The SMILES string of the molecule is CCC(C)(CCO)NC(=O)/C=C/c1ccc(OC)c(F)c1. The summed E-state index contributed by atoms with van der Waals surface area (Å²) in [6.45, 7) is 3.83. The third-order valence-corrected chi connectivity index (χ3v) is 3.47. The second kappa shape index (κ2) is 7.78. The molecule has 0 aliphatic heterocycles. The lowest BCUT2D eigenvalue weighted by atomic mass is 9.95. The fraction of sp³-hybridized carbons (Fsp3) is 0.438. The zero-order valence-corrected chi connectivity index (χ0v) is 12.6. The van der Waals surface area contributed by atoms with Crippen LogP contribution in [0, 0.1) is 5.82 Å². The second-order valence-corrected chi connectivity index (χ2v) is 5.10. The van der Waals surface area contributed by atoms with Gasteiger partial charge in [0.25, 0.3) is 0 Å². The quantitative estimate of drug-likeness (QED) is 0.760. The molecule has 21 heavy (non-hydrogen) atoms. The van der Waals surface area contributed by atoms with Crippen LogP contribution in [0.2, 0.25) is 0 Å². The van der Waals surface area contributed by atoms with Crippen molar-refractivity contribution in [3.63, 3.8) is 0 Å². The van der Waals surface area contributed by atoms with Gasteiger partial charge in [0.2, 0.25) is 5.91 Å². The first-order chi connectivity index (χ1) is 9.94. The minimum Gasteiger partial charge on any atom is -0.494 e. The van der Waals surface area contributed by atoms with E-state index in [1.165, 1.54) is 31.4 Å². The number of methoxy groups -OCH3 is 1. The highest BCUT2D eigenvalue weighted by atomic mass is 19.1. The molecule has 1 atom stereocenters. The van der Waals surface area contributed by atoms with E-state index in [0.717, 1.165) is 0 Å². The molecule has 0 aliphatic rings. The van der Waals surface area contributed by atoms with Crippen LogP contribution in [0.15, 0.2) is 24.3 Å². The fourth-order valence-corrected chi connectivity index (χ4v) is 1.87. The molecule has 2 N–H and O–H groups in total. The lowest BCUT2D eigenvalue weighted by Gasteiger charge is -2.28. The van der Waals surface area contributed by atoms with Crippen LogP contribution in [-0.2, 0) is 4.79 Å². The molecule has 0 aliphatic carbocycles. The molecule has 0 bridgehead atoms. The van der Waals surface area contributed by atoms with Crippen molar-refractivity contribution < 1.29 is 19.0 Å². The first-order valence-corrected chi connectivity index (χ1v) is 6.88. The number of nitrogens with one attached hydrogen (secondary N) is 1. The Kier molecular flexibility index (Phi) is 6.37. The fourth-order valence-electron chi connectivity index (χ4n) is 1.87. The lowest BCUT2D eigenvalue weighted by Crippen LogP contribution is -2.45. The molecule has 1 aromatic carbocycles. The molecule has 0 heterocycles. The zero-order chi connectivity index (χ0) is 15.9. The number of rotatable bonds is 7. The Hall–Kier alpha value is -1.88. The molecule has 0 saturated heterocycles. The van der Waals surface area contributed by atoms with Gasteiger partial charge in [-0.15, -0.1) is 0 Å². The summed E-state index contributed by atoms with van der Waals surface area (Å²) >= 11 is 0. The molecule has 0 fully saturated rings. The number of benzene rings is 1. The summed E-state index contributed by atoms with van der Waals surface area (Å²) in [4.78, 5) is 11.9. The Morgan fingerprint density at radius 3 is 2.76 bits per heavy atom. The molecule has 1 rings (SSSR count). The maximum absolute atomic E-state index is 13.5. The van der Waals surface area contributed by atoms with Crippen LogP contribution in [0.3, 0.4) is 0 Å². The summed E-state index contributed by atoms with van der Waals surface area (Å²) in [5.74, 6) is -0.583. The average Bonchev–Trinajstić information content (AvgIpc) is 2.45. The lowest BCUT2D eigenvalue weighted by molar-refractivity contribution is -0.118. The van der Waals surface area contributed by atoms with E-state index in [0.29, 0.717) is 18.4 Å². The molecule has 1 amide bonds. The van der Waals surface area contributed by atoms with Gasteiger partial charge >= 0.3 is 0 Å². The van der Waals surface area contributed by atoms with Crippen LogP contribution in [0.4, 0.5) is 4.39 Å². The number of carbonyl (C=O) groups is 1. The van der Waals surface area contributed by atoms with E-state index in [2.05, 4.69) is 5.32 Å². The molecule has 1 unspecified atom stereocenters. The first-order valence-electron chi connectivity index (χ1n) is 6.88. The van der Waals surface area contributed by atoms with E-state index in [1.807, 2.05) is 13.8 Å². The molecule has 0 spiro atoms. The Morgan fingerprint density at radius 1 is 1.52 bits per heavy atom. The molecule has 1 aromatic rings. The molecular formula is C16H22FNO3. The molecule has 5 heteroatoms. The van der Waals surface area contributed by atoms with Crippen molar-refractivity contribution in [2.24, 2.45) is 0 Å². The number of hydrogen-bond acceptors (Lipinski definition) is 3. The predicted molar refractivity (Wildman–Crippen MR) is 80.5 cm³/mol. The van der Waals surface area contributed by atoms with Crippen LogP contribution >= 0.6 is 0 Å². The number of amides is 1. The first kappa shape index (κ1) is 17.2. The largest absolute Gasteiger partial charge is 0.494 e. The van der Waals surface area contributed by atoms with Gasteiger partial charge in [-0.3, -0.25) is 4.79 Å². The third-order valence-electron chi connectivity index (χ3n) is 3.47. The van der Waals surface area contributed by atoms with E-state index >= 15 is 0 Å². The number of aliphatic hydroxyl groups is 1. The summed E-state index contributed by atoms with van der Waals surface area (Å²) in [6, 6.07) is 4.47. The number of hydrogen-bond donors (Lipinski definition) is 2. The summed E-state index contributed by atoms with van der Waals surface area (Å²) in [5.41, 5.74) is 0.130. The van der Waals surface area contributed by atoms with E-state index in [1.54, 1.807) is 6.07 Å². The number of halogens is 1. The van der Waals surface area contributed by atoms with Crippen molar-refractivity contribution >= 4 is 12.0 Å². The van der Waals surface area contributed by atoms with Gasteiger partial charge in [0.15, 0.2) is 11.6 Å². The van der Waals surface area contributed by atoms with Crippen molar-refractivity contribution in [1.29, 1.82) is 0 Å². The van der Waals surface area contributed by atoms with Gasteiger partial charge in [-0.05, 0) is 43.5 Å². The Labute approximate surface area is 124 Å². The van der Waals surface area contributed by atoms with E-state index in [9.17, 15) is 9.18 Å². The third kappa shape index (κ3) is 5.19. The average molecular weight is 295 g/mol. The summed E-state index contributed by atoms with van der Waals surface area (Å²) in [7, 11) is 1.40. The molecule has 0 radical (unpaired) electrons. The number of carbonyl (C=O) groups excluding carboxylic acids is 1. The van der Waals surface area contributed by atoms with Gasteiger partial charge in [0.05, 0.1) is 7.11 Å². The maximum atomic E-state index is 13.5. The predicted octanol–water partition coefficient (Wildman–Crippen LogP) is 2.51. The van der Waals surface area contributed by atoms with Gasteiger partial charge in [-0.2, -0.15) is 0 Å². The number of aliphatic hydroxyl groups excluding tert-OH is 1. The minimum atomic E-state index is -0.473. The van der Waals surface area contributed by atoms with Crippen LogP contribution in [-0.4, -0.2) is 30.3 Å². The van der Waals surface area contributed by atoms with Gasteiger partial charge < -0.3 is 15.2 Å². The summed E-state index contributed by atoms with van der Waals surface area (Å²) < 4.78 is 18.3. The summed E-state index contributed by atoms with van der Waals surface area (Å²) in [5, 5.41) is 11.9. The van der Waals surface area contributed by atoms with Crippen LogP contribution in [0.1, 0.15) is 32.3 Å². The van der Waals surface area contributed by atoms with E-state index in [-0.39, 0.29) is 18.3 Å². The highest BCUT2D eigenvalue weighted by Gasteiger charge is 2.22. The van der Waals surface area contributed by atoms with Crippen LogP contribution in [0.25, 0.3) is 6.08 Å². The van der Waals surface area contributed by atoms with Crippen molar-refractivity contribution in [2.75, 3.05) is 13.7 Å². The normalized spacial score (nSPS) is 14.0. The Morgan fingerprint density at radius 2 is 2.24 bits per heavy atom. The van der Waals surface area contributed by atoms with Gasteiger partial charge in [-0.25, -0.2) is 4.39 Å². The zero-order valence-electron chi connectivity index (χ0n) is 12.6. The molecule has 4 nitrogen and oxygen atoms in total. The van der Waals surface area contributed by atoms with Crippen LogP contribution < -0.4 is 10.1 Å².